The van der Waals surface area contributed by atoms with Crippen molar-refractivity contribution in [3.8, 4) is 0 Å². The fourth-order valence-electron chi connectivity index (χ4n) is 4.82. The first-order chi connectivity index (χ1) is 18.9. The first-order valence-corrected chi connectivity index (χ1v) is 14.3. The molecule has 0 spiro atoms. The van der Waals surface area contributed by atoms with Crippen molar-refractivity contribution in [1.29, 1.82) is 0 Å². The van der Waals surface area contributed by atoms with Gasteiger partial charge in [-0.1, -0.05) is 38.1 Å². The lowest BCUT2D eigenvalue weighted by atomic mass is 9.90. The summed E-state index contributed by atoms with van der Waals surface area (Å²) in [6.45, 7) is 3.12. The Balaban J connectivity index is 1.54. The number of rotatable bonds is 9. The maximum atomic E-state index is 13.6. The zero-order valence-electron chi connectivity index (χ0n) is 22.1. The Morgan fingerprint density at radius 1 is 1.12 bits per heavy atom. The predicted molar refractivity (Wildman–Crippen MR) is 145 cm³/mol. The summed E-state index contributed by atoms with van der Waals surface area (Å²) >= 11 is 0. The van der Waals surface area contributed by atoms with Crippen molar-refractivity contribution in [2.24, 2.45) is 17.7 Å². The van der Waals surface area contributed by atoms with Crippen LogP contribution in [0, 0.1) is 11.8 Å². The number of hydrogen-bond acceptors (Lipinski definition) is 8. The SMILES string of the molecule is CC(C)C[C@@H](C(=O)c1cc2ccccc2o1)C(=O)N(N)C1CCCN(S(=O)(=O)c2cccc(C(=O)O)c2)CC1=O. The van der Waals surface area contributed by atoms with Crippen LogP contribution in [-0.2, 0) is 19.6 Å². The summed E-state index contributed by atoms with van der Waals surface area (Å²) in [4.78, 5) is 51.3. The van der Waals surface area contributed by atoms with E-state index in [4.69, 9.17) is 10.3 Å². The van der Waals surface area contributed by atoms with Crippen LogP contribution in [0.5, 0.6) is 0 Å². The van der Waals surface area contributed by atoms with Gasteiger partial charge in [-0.15, -0.1) is 0 Å². The molecule has 2 atom stereocenters. The Labute approximate surface area is 231 Å². The quantitative estimate of drug-likeness (QED) is 0.129. The number of ketones is 2. The molecule has 4 rings (SSSR count). The van der Waals surface area contributed by atoms with Crippen LogP contribution in [0.3, 0.4) is 0 Å². The van der Waals surface area contributed by atoms with Crippen molar-refractivity contribution in [3.05, 3.63) is 65.9 Å². The molecule has 1 aromatic heterocycles. The lowest BCUT2D eigenvalue weighted by Crippen LogP contribution is -2.54. The van der Waals surface area contributed by atoms with Gasteiger partial charge in [0.15, 0.2) is 11.5 Å². The number of aromatic carboxylic acids is 1. The number of hydrazine groups is 1. The number of benzene rings is 2. The second-order valence-electron chi connectivity index (χ2n) is 10.2. The van der Waals surface area contributed by atoms with Crippen LogP contribution in [0.1, 0.15) is 54.0 Å². The van der Waals surface area contributed by atoms with E-state index in [2.05, 4.69) is 0 Å². The number of amides is 1. The van der Waals surface area contributed by atoms with Crippen molar-refractivity contribution in [2.75, 3.05) is 13.1 Å². The number of furan rings is 1. The van der Waals surface area contributed by atoms with E-state index < -0.39 is 52.0 Å². The fraction of sp³-hybridized carbons (Fsp3) is 0.357. The molecule has 212 valence electrons. The number of carboxylic acids is 1. The molecular formula is C28H31N3O8S. The van der Waals surface area contributed by atoms with Crippen molar-refractivity contribution in [1.82, 2.24) is 9.31 Å². The minimum atomic E-state index is -4.20. The number of para-hydroxylation sites is 1. The van der Waals surface area contributed by atoms with Gasteiger partial charge in [0.1, 0.15) is 17.5 Å². The summed E-state index contributed by atoms with van der Waals surface area (Å²) in [5, 5.41) is 10.7. The third kappa shape index (κ3) is 5.98. The topological polar surface area (TPSA) is 168 Å². The molecule has 40 heavy (non-hydrogen) atoms. The summed E-state index contributed by atoms with van der Waals surface area (Å²) in [6, 6.07) is 12.4. The Hall–Kier alpha value is -3.87. The molecule has 1 aliphatic heterocycles. The number of nitrogens with two attached hydrogens (primary N) is 1. The van der Waals surface area contributed by atoms with Gasteiger partial charge < -0.3 is 9.52 Å². The normalized spacial score (nSPS) is 17.5. The van der Waals surface area contributed by atoms with Crippen molar-refractivity contribution >= 4 is 44.4 Å². The molecule has 3 N–H and O–H groups in total. The summed E-state index contributed by atoms with van der Waals surface area (Å²) < 4.78 is 33.1. The second kappa shape index (κ2) is 11.7. The number of Topliss-reactive ketones (excluding diaryl/α,β-unsaturated/α-hetero) is 2. The van der Waals surface area contributed by atoms with Crippen molar-refractivity contribution in [2.45, 2.75) is 44.0 Å². The highest BCUT2D eigenvalue weighted by atomic mass is 32.2. The van der Waals surface area contributed by atoms with Gasteiger partial charge >= 0.3 is 5.97 Å². The van der Waals surface area contributed by atoms with Crippen LogP contribution in [0.2, 0.25) is 0 Å². The molecule has 0 saturated carbocycles. The lowest BCUT2D eigenvalue weighted by Gasteiger charge is -2.29. The molecule has 0 bridgehead atoms. The maximum Gasteiger partial charge on any atom is 0.335 e. The molecule has 3 aromatic rings. The molecule has 1 saturated heterocycles. The third-order valence-corrected chi connectivity index (χ3v) is 8.73. The average Bonchev–Trinajstić information content (AvgIpc) is 3.26. The van der Waals surface area contributed by atoms with Gasteiger partial charge in [0.05, 0.1) is 17.0 Å². The molecule has 12 heteroatoms. The van der Waals surface area contributed by atoms with Crippen LogP contribution in [0.15, 0.2) is 63.9 Å². The summed E-state index contributed by atoms with van der Waals surface area (Å²) in [7, 11) is -4.20. The van der Waals surface area contributed by atoms with Gasteiger partial charge in [-0.25, -0.2) is 19.1 Å². The Bertz CT molecular complexity index is 1530. The number of fused-ring (bicyclic) bond motifs is 1. The number of carbonyl (C=O) groups is 4. The Kier molecular flexibility index (Phi) is 8.52. The zero-order chi connectivity index (χ0) is 29.2. The number of carbonyl (C=O) groups excluding carboxylic acids is 3. The highest BCUT2D eigenvalue weighted by Gasteiger charge is 2.40. The Morgan fingerprint density at radius 3 is 2.52 bits per heavy atom. The lowest BCUT2D eigenvalue weighted by molar-refractivity contribution is -0.142. The molecule has 1 fully saturated rings. The van der Waals surface area contributed by atoms with E-state index in [1.807, 2.05) is 13.8 Å². The molecule has 1 unspecified atom stereocenters. The van der Waals surface area contributed by atoms with E-state index in [-0.39, 0.29) is 47.9 Å². The summed E-state index contributed by atoms with van der Waals surface area (Å²) in [5.41, 5.74) is 0.296. The zero-order valence-corrected chi connectivity index (χ0v) is 23.0. The maximum absolute atomic E-state index is 13.6. The van der Waals surface area contributed by atoms with Gasteiger partial charge in [-0.2, -0.15) is 4.31 Å². The number of sulfonamides is 1. The minimum absolute atomic E-state index is 0.0154. The number of hydrogen-bond donors (Lipinski definition) is 2. The van der Waals surface area contributed by atoms with E-state index in [1.165, 1.54) is 18.2 Å². The highest BCUT2D eigenvalue weighted by molar-refractivity contribution is 7.89. The molecule has 0 radical (unpaired) electrons. The van der Waals surface area contributed by atoms with Crippen molar-refractivity contribution < 1.29 is 37.1 Å². The Morgan fingerprint density at radius 2 is 1.85 bits per heavy atom. The first kappa shape index (κ1) is 29.1. The molecule has 2 heterocycles. The van der Waals surface area contributed by atoms with E-state index in [0.717, 1.165) is 15.4 Å². The molecule has 2 aromatic carbocycles. The van der Waals surface area contributed by atoms with Gasteiger partial charge in [0.25, 0.3) is 0 Å². The second-order valence-corrected chi connectivity index (χ2v) is 12.2. The first-order valence-electron chi connectivity index (χ1n) is 12.9. The monoisotopic (exact) mass is 569 g/mol. The van der Waals surface area contributed by atoms with Crippen LogP contribution in [0.25, 0.3) is 11.0 Å². The summed E-state index contributed by atoms with van der Waals surface area (Å²) in [5.74, 6) is 1.77. The van der Waals surface area contributed by atoms with Crippen molar-refractivity contribution in [3.63, 3.8) is 0 Å². The standard InChI is InChI=1S/C28H31N3O8S/c1-17(2)13-21(26(33)25-15-18-7-3-4-11-24(18)39-25)27(34)31(29)22-10-6-12-30(16-23(22)32)40(37,38)20-9-5-8-19(14-20)28(35)36/h3-5,7-9,11,14-15,17,21-22H,6,10,12-13,16,29H2,1-2H3,(H,35,36)/t21-,22?/m0/s1. The van der Waals surface area contributed by atoms with Crippen LogP contribution >= 0.6 is 0 Å². The van der Waals surface area contributed by atoms with E-state index in [1.54, 1.807) is 30.3 Å². The molecule has 11 nitrogen and oxygen atoms in total. The largest absolute Gasteiger partial charge is 0.478 e. The van der Waals surface area contributed by atoms with E-state index in [9.17, 15) is 32.7 Å². The molecule has 1 amide bonds. The predicted octanol–water partition coefficient (Wildman–Crippen LogP) is 3.10. The minimum Gasteiger partial charge on any atom is -0.478 e. The smallest absolute Gasteiger partial charge is 0.335 e. The highest BCUT2D eigenvalue weighted by Crippen LogP contribution is 2.27. The molecule has 1 aliphatic rings. The van der Waals surface area contributed by atoms with Crippen LogP contribution in [0.4, 0.5) is 0 Å². The average molecular weight is 570 g/mol. The van der Waals surface area contributed by atoms with Crippen LogP contribution in [-0.4, -0.2) is 65.4 Å². The molecular weight excluding hydrogens is 538 g/mol. The van der Waals surface area contributed by atoms with E-state index in [0.29, 0.717) is 11.0 Å². The number of carboxylic acid groups (broad SMARTS) is 1. The third-order valence-electron chi connectivity index (χ3n) is 6.89. The van der Waals surface area contributed by atoms with Gasteiger partial charge in [-0.3, -0.25) is 19.4 Å². The molecule has 0 aliphatic carbocycles. The van der Waals surface area contributed by atoms with E-state index >= 15 is 0 Å². The van der Waals surface area contributed by atoms with Crippen LogP contribution < -0.4 is 5.84 Å². The summed E-state index contributed by atoms with van der Waals surface area (Å²) in [6.07, 6.45) is 0.473. The fourth-order valence-corrected chi connectivity index (χ4v) is 6.31. The van der Waals surface area contributed by atoms with Gasteiger partial charge in [0, 0.05) is 11.9 Å². The van der Waals surface area contributed by atoms with Gasteiger partial charge in [0.2, 0.25) is 21.7 Å². The number of nitrogens with zero attached hydrogens (tertiary/aromatic N) is 2. The van der Waals surface area contributed by atoms with Gasteiger partial charge in [-0.05, 0) is 55.5 Å².